The van der Waals surface area contributed by atoms with Crippen LogP contribution in [0.5, 0.6) is 5.75 Å². The molecule has 0 bridgehead atoms. The van der Waals surface area contributed by atoms with Crippen LogP contribution in [0.3, 0.4) is 0 Å². The molecule has 0 saturated carbocycles. The highest BCUT2D eigenvalue weighted by molar-refractivity contribution is 7.98. The van der Waals surface area contributed by atoms with Gasteiger partial charge in [0.1, 0.15) is 11.9 Å². The molecule has 0 aromatic heterocycles. The summed E-state index contributed by atoms with van der Waals surface area (Å²) in [4.78, 5) is 1.21. The van der Waals surface area contributed by atoms with Crippen molar-refractivity contribution >= 4 is 11.8 Å². The van der Waals surface area contributed by atoms with E-state index >= 15 is 0 Å². The molecule has 1 atom stereocenters. The van der Waals surface area contributed by atoms with Crippen molar-refractivity contribution in [3.8, 4) is 5.75 Å². The van der Waals surface area contributed by atoms with E-state index in [9.17, 15) is 0 Å². The Morgan fingerprint density at radius 2 is 2.06 bits per heavy atom. The third kappa shape index (κ3) is 4.06. The maximum atomic E-state index is 6.00. The van der Waals surface area contributed by atoms with Gasteiger partial charge in [-0.15, -0.1) is 11.8 Å². The first kappa shape index (κ1) is 13.4. The summed E-state index contributed by atoms with van der Waals surface area (Å²) in [5.41, 5.74) is 0. The molecule has 1 unspecified atom stereocenters. The lowest BCUT2D eigenvalue weighted by Crippen LogP contribution is -2.30. The van der Waals surface area contributed by atoms with Gasteiger partial charge in [0.05, 0.1) is 0 Å². The lowest BCUT2D eigenvalue weighted by atomic mass is 10.2. The molecule has 90 valence electrons. The van der Waals surface area contributed by atoms with Crippen molar-refractivity contribution in [2.75, 3.05) is 19.3 Å². The van der Waals surface area contributed by atoms with E-state index in [2.05, 4.69) is 31.5 Å². The number of rotatable bonds is 7. The van der Waals surface area contributed by atoms with E-state index in [1.807, 2.05) is 18.2 Å². The van der Waals surface area contributed by atoms with Crippen LogP contribution in [0.25, 0.3) is 0 Å². The van der Waals surface area contributed by atoms with Crippen LogP contribution in [0, 0.1) is 0 Å². The topological polar surface area (TPSA) is 21.3 Å². The third-order valence-electron chi connectivity index (χ3n) is 2.44. The van der Waals surface area contributed by atoms with Gasteiger partial charge >= 0.3 is 0 Å². The van der Waals surface area contributed by atoms with E-state index in [1.165, 1.54) is 4.90 Å². The van der Waals surface area contributed by atoms with Crippen molar-refractivity contribution in [1.82, 2.24) is 5.32 Å². The van der Waals surface area contributed by atoms with E-state index in [0.717, 1.165) is 25.3 Å². The predicted molar refractivity (Wildman–Crippen MR) is 71.5 cm³/mol. The molecule has 1 aromatic rings. The quantitative estimate of drug-likeness (QED) is 0.738. The summed E-state index contributed by atoms with van der Waals surface area (Å²) in [7, 11) is 0. The zero-order valence-electron chi connectivity index (χ0n) is 10.3. The Kier molecular flexibility index (Phi) is 6.34. The van der Waals surface area contributed by atoms with Gasteiger partial charge in [-0.2, -0.15) is 0 Å². The van der Waals surface area contributed by atoms with Gasteiger partial charge in [-0.25, -0.2) is 0 Å². The summed E-state index contributed by atoms with van der Waals surface area (Å²) in [6.07, 6.45) is 3.36. The number of ether oxygens (including phenoxy) is 1. The molecule has 2 nitrogen and oxygen atoms in total. The van der Waals surface area contributed by atoms with E-state index in [4.69, 9.17) is 4.74 Å². The first-order valence-electron chi connectivity index (χ1n) is 5.82. The molecular weight excluding hydrogens is 218 g/mol. The Bertz CT molecular complexity index is 304. The van der Waals surface area contributed by atoms with Crippen molar-refractivity contribution in [2.45, 2.75) is 31.3 Å². The standard InChI is InChI=1S/C13H21NOS/c1-4-11(10-14-5-2)15-12-8-6-7-9-13(12)16-3/h6-9,11,14H,4-5,10H2,1-3H3. The van der Waals surface area contributed by atoms with Crippen molar-refractivity contribution in [3.63, 3.8) is 0 Å². The molecule has 0 aliphatic carbocycles. The maximum Gasteiger partial charge on any atom is 0.133 e. The second kappa shape index (κ2) is 7.58. The molecule has 0 amide bonds. The first-order valence-corrected chi connectivity index (χ1v) is 7.04. The molecule has 0 spiro atoms. The van der Waals surface area contributed by atoms with Gasteiger partial charge in [-0.05, 0) is 31.4 Å². The monoisotopic (exact) mass is 239 g/mol. The van der Waals surface area contributed by atoms with Gasteiger partial charge in [0.25, 0.3) is 0 Å². The average Bonchev–Trinajstić information content (AvgIpc) is 2.34. The van der Waals surface area contributed by atoms with Crippen molar-refractivity contribution < 1.29 is 4.74 Å². The molecule has 3 heteroatoms. The fourth-order valence-electron chi connectivity index (χ4n) is 1.47. The van der Waals surface area contributed by atoms with Gasteiger partial charge in [-0.3, -0.25) is 0 Å². The molecule has 0 heterocycles. The highest BCUT2D eigenvalue weighted by Crippen LogP contribution is 2.27. The zero-order chi connectivity index (χ0) is 11.8. The van der Waals surface area contributed by atoms with E-state index < -0.39 is 0 Å². The fraction of sp³-hybridized carbons (Fsp3) is 0.538. The highest BCUT2D eigenvalue weighted by atomic mass is 32.2. The second-order valence-electron chi connectivity index (χ2n) is 3.61. The van der Waals surface area contributed by atoms with E-state index in [0.29, 0.717) is 0 Å². The number of para-hydroxylation sites is 1. The van der Waals surface area contributed by atoms with Gasteiger partial charge in [0, 0.05) is 11.4 Å². The largest absolute Gasteiger partial charge is 0.488 e. The lowest BCUT2D eigenvalue weighted by molar-refractivity contribution is 0.189. The Hall–Kier alpha value is -0.670. The van der Waals surface area contributed by atoms with Gasteiger partial charge in [0.15, 0.2) is 0 Å². The second-order valence-corrected chi connectivity index (χ2v) is 4.45. The smallest absolute Gasteiger partial charge is 0.133 e. The van der Waals surface area contributed by atoms with Crippen molar-refractivity contribution in [2.24, 2.45) is 0 Å². The van der Waals surface area contributed by atoms with Crippen LogP contribution in [-0.4, -0.2) is 25.4 Å². The summed E-state index contributed by atoms with van der Waals surface area (Å²) < 4.78 is 6.00. The lowest BCUT2D eigenvalue weighted by Gasteiger charge is -2.19. The third-order valence-corrected chi connectivity index (χ3v) is 3.22. The SMILES string of the molecule is CCNCC(CC)Oc1ccccc1SC. The van der Waals surface area contributed by atoms with Crippen LogP contribution < -0.4 is 10.1 Å². The van der Waals surface area contributed by atoms with Crippen LogP contribution in [0.1, 0.15) is 20.3 Å². The molecule has 0 aliphatic heterocycles. The summed E-state index contributed by atoms with van der Waals surface area (Å²) in [6.45, 7) is 6.17. The minimum absolute atomic E-state index is 0.258. The number of nitrogens with one attached hydrogen (secondary N) is 1. The maximum absolute atomic E-state index is 6.00. The number of thioether (sulfide) groups is 1. The Morgan fingerprint density at radius 3 is 2.69 bits per heavy atom. The average molecular weight is 239 g/mol. The van der Waals surface area contributed by atoms with E-state index in [-0.39, 0.29) is 6.10 Å². The van der Waals surface area contributed by atoms with E-state index in [1.54, 1.807) is 11.8 Å². The number of hydrogen-bond donors (Lipinski definition) is 1. The van der Waals surface area contributed by atoms with Gasteiger partial charge in [-0.1, -0.05) is 26.0 Å². The molecule has 1 aromatic carbocycles. The molecular formula is C13H21NOS. The predicted octanol–water partition coefficient (Wildman–Crippen LogP) is 3.18. The molecule has 1 rings (SSSR count). The minimum Gasteiger partial charge on any atom is -0.488 e. The van der Waals surface area contributed by atoms with Crippen LogP contribution in [0.4, 0.5) is 0 Å². The summed E-state index contributed by atoms with van der Waals surface area (Å²) in [6, 6.07) is 8.21. The van der Waals surface area contributed by atoms with Crippen molar-refractivity contribution in [3.05, 3.63) is 24.3 Å². The Balaban J connectivity index is 2.62. The van der Waals surface area contributed by atoms with Crippen LogP contribution >= 0.6 is 11.8 Å². The minimum atomic E-state index is 0.258. The van der Waals surface area contributed by atoms with Crippen LogP contribution in [-0.2, 0) is 0 Å². The highest BCUT2D eigenvalue weighted by Gasteiger charge is 2.09. The Labute approximate surface area is 103 Å². The molecule has 1 N–H and O–H groups in total. The molecule has 0 fully saturated rings. The Morgan fingerprint density at radius 1 is 1.31 bits per heavy atom. The fourth-order valence-corrected chi connectivity index (χ4v) is 2.00. The van der Waals surface area contributed by atoms with Crippen LogP contribution in [0.15, 0.2) is 29.2 Å². The normalized spacial score (nSPS) is 12.4. The summed E-state index contributed by atoms with van der Waals surface area (Å²) in [5.74, 6) is 1.000. The number of likely N-dealkylation sites (N-methyl/N-ethyl adjacent to an activating group) is 1. The summed E-state index contributed by atoms with van der Waals surface area (Å²) in [5, 5.41) is 3.33. The van der Waals surface area contributed by atoms with Crippen molar-refractivity contribution in [1.29, 1.82) is 0 Å². The molecule has 16 heavy (non-hydrogen) atoms. The molecule has 0 radical (unpaired) electrons. The summed E-state index contributed by atoms with van der Waals surface area (Å²) >= 11 is 1.73. The zero-order valence-corrected chi connectivity index (χ0v) is 11.1. The molecule has 0 saturated heterocycles. The molecule has 0 aliphatic rings. The van der Waals surface area contributed by atoms with Gasteiger partial charge in [0.2, 0.25) is 0 Å². The first-order chi connectivity index (χ1) is 7.81. The number of benzene rings is 1. The van der Waals surface area contributed by atoms with Crippen LogP contribution in [0.2, 0.25) is 0 Å². The van der Waals surface area contributed by atoms with Gasteiger partial charge < -0.3 is 10.1 Å². The number of hydrogen-bond acceptors (Lipinski definition) is 3.